The van der Waals surface area contributed by atoms with Crippen molar-refractivity contribution in [3.63, 3.8) is 0 Å². The first kappa shape index (κ1) is 28.0. The van der Waals surface area contributed by atoms with Crippen molar-refractivity contribution in [2.45, 2.75) is 50.2 Å². The maximum absolute atomic E-state index is 13.8. The van der Waals surface area contributed by atoms with Crippen molar-refractivity contribution in [2.75, 3.05) is 16.8 Å². The minimum Gasteiger partial charge on any atom is -0.484 e. The lowest BCUT2D eigenvalue weighted by molar-refractivity contribution is -0.121. The van der Waals surface area contributed by atoms with Gasteiger partial charge in [0.05, 0.1) is 23.8 Å². The topological polar surface area (TPSA) is 114 Å². The van der Waals surface area contributed by atoms with Gasteiger partial charge in [-0.3, -0.25) is 19.3 Å². The van der Waals surface area contributed by atoms with Gasteiger partial charge >= 0.3 is 0 Å². The summed E-state index contributed by atoms with van der Waals surface area (Å²) in [5, 5.41) is 6.67. The van der Waals surface area contributed by atoms with Crippen molar-refractivity contribution >= 4 is 52.3 Å². The van der Waals surface area contributed by atoms with E-state index in [9.17, 15) is 14.4 Å². The SMILES string of the molecule is NC1CCCCC1NC(=O)c1ccc2c(c1)NC(=O)CC(c1ccc(Cl)cc1Cl)N2C(=O)COc1ccccc1. The van der Waals surface area contributed by atoms with Gasteiger partial charge in [0.2, 0.25) is 5.91 Å². The molecule has 0 spiro atoms. The maximum atomic E-state index is 13.8. The molecule has 0 radical (unpaired) electrons. The lowest BCUT2D eigenvalue weighted by Gasteiger charge is -2.31. The van der Waals surface area contributed by atoms with Crippen LogP contribution in [0.4, 0.5) is 11.4 Å². The highest BCUT2D eigenvalue weighted by Crippen LogP contribution is 2.41. The Morgan fingerprint density at radius 2 is 1.80 bits per heavy atom. The van der Waals surface area contributed by atoms with Crippen LogP contribution in [-0.2, 0) is 9.59 Å². The number of anilines is 2. The lowest BCUT2D eigenvalue weighted by Crippen LogP contribution is -2.49. The van der Waals surface area contributed by atoms with E-state index in [1.807, 2.05) is 18.2 Å². The highest BCUT2D eigenvalue weighted by Gasteiger charge is 2.35. The molecule has 1 fully saturated rings. The van der Waals surface area contributed by atoms with Crippen LogP contribution in [0.3, 0.4) is 0 Å². The summed E-state index contributed by atoms with van der Waals surface area (Å²) < 4.78 is 5.77. The number of ether oxygens (including phenoxy) is 1. The summed E-state index contributed by atoms with van der Waals surface area (Å²) in [6.45, 7) is -0.277. The molecule has 8 nitrogen and oxygen atoms in total. The van der Waals surface area contributed by atoms with Gasteiger partial charge < -0.3 is 21.1 Å². The Labute approximate surface area is 242 Å². The summed E-state index contributed by atoms with van der Waals surface area (Å²) in [5.74, 6) is -0.466. The van der Waals surface area contributed by atoms with Crippen molar-refractivity contribution in [1.82, 2.24) is 5.32 Å². The highest BCUT2D eigenvalue weighted by molar-refractivity contribution is 6.35. The third kappa shape index (κ3) is 6.25. The van der Waals surface area contributed by atoms with E-state index in [0.717, 1.165) is 25.7 Å². The first-order valence-corrected chi connectivity index (χ1v) is 14.0. The Balaban J connectivity index is 1.49. The van der Waals surface area contributed by atoms with Gasteiger partial charge in [-0.15, -0.1) is 0 Å². The number of hydrogen-bond acceptors (Lipinski definition) is 5. The molecular formula is C30H30Cl2N4O4. The van der Waals surface area contributed by atoms with E-state index in [1.54, 1.807) is 48.5 Å². The number of rotatable bonds is 6. The van der Waals surface area contributed by atoms with Crippen molar-refractivity contribution in [1.29, 1.82) is 0 Å². The highest BCUT2D eigenvalue weighted by atomic mass is 35.5. The van der Waals surface area contributed by atoms with Crippen LogP contribution in [0.15, 0.2) is 66.7 Å². The zero-order chi connectivity index (χ0) is 28.2. The van der Waals surface area contributed by atoms with Gasteiger partial charge in [-0.2, -0.15) is 0 Å². The molecular weight excluding hydrogens is 551 g/mol. The van der Waals surface area contributed by atoms with Crippen LogP contribution in [0.25, 0.3) is 0 Å². The van der Waals surface area contributed by atoms with Crippen LogP contribution in [0.1, 0.15) is 54.1 Å². The van der Waals surface area contributed by atoms with Gasteiger partial charge in [0, 0.05) is 27.7 Å². The summed E-state index contributed by atoms with van der Waals surface area (Å²) in [4.78, 5) is 41.5. The molecule has 5 rings (SSSR count). The molecule has 3 unspecified atom stereocenters. The minimum atomic E-state index is -0.738. The van der Waals surface area contributed by atoms with E-state index in [4.69, 9.17) is 33.7 Å². The number of benzene rings is 3. The molecule has 3 aromatic rings. The first-order valence-electron chi connectivity index (χ1n) is 13.3. The maximum Gasteiger partial charge on any atom is 0.265 e. The summed E-state index contributed by atoms with van der Waals surface area (Å²) in [6.07, 6.45) is 3.68. The molecule has 1 aliphatic carbocycles. The zero-order valence-electron chi connectivity index (χ0n) is 21.7. The number of carbonyl (C=O) groups excluding carboxylic acids is 3. The average Bonchev–Trinajstić information content (AvgIpc) is 3.08. The number of hydrogen-bond donors (Lipinski definition) is 3. The molecule has 208 valence electrons. The largest absolute Gasteiger partial charge is 0.484 e. The molecule has 2 aliphatic rings. The molecule has 0 aromatic heterocycles. The molecule has 3 atom stereocenters. The van der Waals surface area contributed by atoms with Crippen LogP contribution >= 0.6 is 23.2 Å². The molecule has 1 heterocycles. The third-order valence-electron chi connectivity index (χ3n) is 7.31. The summed E-state index contributed by atoms with van der Waals surface area (Å²) >= 11 is 12.7. The minimum absolute atomic E-state index is 0.0639. The predicted octanol–water partition coefficient (Wildman–Crippen LogP) is 5.49. The lowest BCUT2D eigenvalue weighted by atomic mass is 9.91. The van der Waals surface area contributed by atoms with E-state index in [-0.39, 0.29) is 42.8 Å². The molecule has 0 saturated heterocycles. The van der Waals surface area contributed by atoms with Gasteiger partial charge in [-0.25, -0.2) is 0 Å². The van der Waals surface area contributed by atoms with E-state index in [2.05, 4.69) is 10.6 Å². The van der Waals surface area contributed by atoms with Crippen LogP contribution in [0, 0.1) is 0 Å². The molecule has 0 bridgehead atoms. The second kappa shape index (κ2) is 12.3. The Bertz CT molecular complexity index is 1420. The van der Waals surface area contributed by atoms with E-state index >= 15 is 0 Å². The Hall–Kier alpha value is -3.59. The van der Waals surface area contributed by atoms with Crippen molar-refractivity contribution < 1.29 is 19.1 Å². The first-order chi connectivity index (χ1) is 19.3. The smallest absolute Gasteiger partial charge is 0.265 e. The molecule has 10 heteroatoms. The van der Waals surface area contributed by atoms with Gasteiger partial charge in [0.25, 0.3) is 11.8 Å². The van der Waals surface area contributed by atoms with Gasteiger partial charge in [-0.05, 0) is 60.9 Å². The second-order valence-electron chi connectivity index (χ2n) is 10.1. The second-order valence-corrected chi connectivity index (χ2v) is 10.9. The fraction of sp³-hybridized carbons (Fsp3) is 0.300. The van der Waals surface area contributed by atoms with Crippen LogP contribution < -0.4 is 26.0 Å². The van der Waals surface area contributed by atoms with E-state index in [1.165, 1.54) is 4.90 Å². The molecule has 40 heavy (non-hydrogen) atoms. The standard InChI is InChI=1S/C30H30Cl2N4O4/c31-19-11-12-21(22(32)15-19)27-16-28(37)34-25-14-18(30(39)35-24-9-5-4-8-23(24)33)10-13-26(25)36(27)29(38)17-40-20-6-2-1-3-7-20/h1-3,6-7,10-15,23-24,27H,4-5,8-9,16-17,33H2,(H,34,37)(H,35,39). The predicted molar refractivity (Wildman–Crippen MR) is 156 cm³/mol. The van der Waals surface area contributed by atoms with Crippen molar-refractivity contribution in [3.8, 4) is 5.75 Å². The average molecular weight is 582 g/mol. The summed E-state index contributed by atoms with van der Waals surface area (Å²) in [6, 6.07) is 17.9. The number of carbonyl (C=O) groups is 3. The van der Waals surface area contributed by atoms with Gasteiger partial charge in [-0.1, -0.05) is 60.3 Å². The molecule has 1 aliphatic heterocycles. The van der Waals surface area contributed by atoms with Crippen LogP contribution in [0.2, 0.25) is 10.0 Å². The number of para-hydroxylation sites is 1. The van der Waals surface area contributed by atoms with Crippen molar-refractivity contribution in [3.05, 3.63) is 87.9 Å². The number of fused-ring (bicyclic) bond motifs is 1. The number of nitrogens with zero attached hydrogens (tertiary/aromatic N) is 1. The normalized spacial score (nSPS) is 20.6. The van der Waals surface area contributed by atoms with Gasteiger partial charge in [0.1, 0.15) is 5.75 Å². The fourth-order valence-corrected chi connectivity index (χ4v) is 5.81. The van der Waals surface area contributed by atoms with Gasteiger partial charge in [0.15, 0.2) is 6.61 Å². The number of nitrogens with two attached hydrogens (primary N) is 1. The molecule has 4 N–H and O–H groups in total. The summed E-state index contributed by atoms with van der Waals surface area (Å²) in [5.41, 5.74) is 7.91. The number of amides is 3. The molecule has 3 aromatic carbocycles. The zero-order valence-corrected chi connectivity index (χ0v) is 23.3. The number of nitrogens with one attached hydrogen (secondary N) is 2. The quantitative estimate of drug-likeness (QED) is 0.357. The van der Waals surface area contributed by atoms with Crippen LogP contribution in [0.5, 0.6) is 5.75 Å². The molecule has 3 amide bonds. The number of halogens is 2. The Kier molecular flexibility index (Phi) is 8.59. The van der Waals surface area contributed by atoms with E-state index in [0.29, 0.717) is 38.3 Å². The van der Waals surface area contributed by atoms with Crippen molar-refractivity contribution in [2.24, 2.45) is 5.73 Å². The molecule has 1 saturated carbocycles. The fourth-order valence-electron chi connectivity index (χ4n) is 5.27. The Morgan fingerprint density at radius 3 is 2.55 bits per heavy atom. The van der Waals surface area contributed by atoms with Crippen LogP contribution in [-0.4, -0.2) is 36.4 Å². The Morgan fingerprint density at radius 1 is 1.02 bits per heavy atom. The monoisotopic (exact) mass is 580 g/mol. The third-order valence-corrected chi connectivity index (χ3v) is 7.88. The summed E-state index contributed by atoms with van der Waals surface area (Å²) in [7, 11) is 0. The van der Waals surface area contributed by atoms with E-state index < -0.39 is 6.04 Å².